The summed E-state index contributed by atoms with van der Waals surface area (Å²) in [4.78, 5) is 25.9. The van der Waals surface area contributed by atoms with E-state index in [1.54, 1.807) is 47.4 Å². The van der Waals surface area contributed by atoms with Crippen LogP contribution in [-0.2, 0) is 0 Å². The van der Waals surface area contributed by atoms with Gasteiger partial charge in [-0.3, -0.25) is 14.5 Å². The lowest BCUT2D eigenvalue weighted by molar-refractivity contribution is 0.0664. The van der Waals surface area contributed by atoms with Gasteiger partial charge in [-0.2, -0.15) is 0 Å². The molecule has 0 aliphatic carbocycles. The number of hydrogen-bond donors (Lipinski definition) is 0. The molecule has 2 aromatic rings. The molecule has 1 aliphatic rings. The van der Waals surface area contributed by atoms with Gasteiger partial charge in [0.25, 0.3) is 11.8 Å². The molecule has 8 heteroatoms. The van der Waals surface area contributed by atoms with E-state index < -0.39 is 0 Å². The second kappa shape index (κ2) is 8.13. The predicted molar refractivity (Wildman–Crippen MR) is 98.1 cm³/mol. The fourth-order valence-electron chi connectivity index (χ4n) is 2.28. The molecular weight excluding hydrogens is 362 g/mol. The first-order valence-electron chi connectivity index (χ1n) is 7.75. The highest BCUT2D eigenvalue weighted by Crippen LogP contribution is 2.30. The highest BCUT2D eigenvalue weighted by atomic mass is 32.2. The summed E-state index contributed by atoms with van der Waals surface area (Å²) in [5.74, 6) is 1.28. The third kappa shape index (κ3) is 3.81. The number of hydrogen-bond acceptors (Lipinski definition) is 7. The number of carbonyl (C=O) groups excluding carboxylic acids is 2. The van der Waals surface area contributed by atoms with E-state index in [0.29, 0.717) is 23.4 Å². The first-order valence-corrected chi connectivity index (χ1v) is 10.5. The number of aromatic nitrogens is 2. The Bertz CT molecular complexity index is 713. The zero-order valence-corrected chi connectivity index (χ0v) is 15.7. The Morgan fingerprint density at radius 1 is 1.00 bits per heavy atom. The second-order valence-corrected chi connectivity index (χ2v) is 8.85. The van der Waals surface area contributed by atoms with Gasteiger partial charge in [0.2, 0.25) is 0 Å². The number of thioether (sulfide) groups is 2. The van der Waals surface area contributed by atoms with E-state index in [4.69, 9.17) is 0 Å². The van der Waals surface area contributed by atoms with Crippen LogP contribution < -0.4 is 0 Å². The summed E-state index contributed by atoms with van der Waals surface area (Å²) < 4.78 is 1.86. The van der Waals surface area contributed by atoms with E-state index in [1.165, 1.54) is 29.5 Å². The van der Waals surface area contributed by atoms with Crippen LogP contribution in [0.1, 0.15) is 40.5 Å². The molecule has 0 N–H and O–H groups in total. The lowest BCUT2D eigenvalue weighted by atomic mass is 10.1. The Hall–Kier alpha value is -1.38. The summed E-state index contributed by atoms with van der Waals surface area (Å²) in [7, 11) is 0. The molecular formula is C16H17N3O2S3. The van der Waals surface area contributed by atoms with Gasteiger partial charge in [-0.05, 0) is 18.6 Å². The molecule has 0 spiro atoms. The largest absolute Gasteiger partial charge is 0.273 e. The maximum atomic E-state index is 12.3. The first-order chi connectivity index (χ1) is 11.7. The molecule has 0 unspecified atom stereocenters. The van der Waals surface area contributed by atoms with Crippen molar-refractivity contribution in [1.82, 2.24) is 15.1 Å². The SMILES string of the molecule is CCCCSc1nnc(SCCN2C(=O)c3ccccc3C2=O)s1. The van der Waals surface area contributed by atoms with E-state index in [0.717, 1.165) is 14.4 Å². The van der Waals surface area contributed by atoms with E-state index in [1.807, 2.05) is 0 Å². The van der Waals surface area contributed by atoms with Gasteiger partial charge in [0.1, 0.15) is 0 Å². The molecule has 0 atom stereocenters. The summed E-state index contributed by atoms with van der Waals surface area (Å²) in [6.45, 7) is 2.55. The van der Waals surface area contributed by atoms with E-state index in [-0.39, 0.29) is 11.8 Å². The van der Waals surface area contributed by atoms with Crippen molar-refractivity contribution in [3.05, 3.63) is 35.4 Å². The zero-order valence-electron chi connectivity index (χ0n) is 13.2. The van der Waals surface area contributed by atoms with Gasteiger partial charge in [0.05, 0.1) is 11.1 Å². The maximum Gasteiger partial charge on any atom is 0.261 e. The average Bonchev–Trinajstić information content (AvgIpc) is 3.14. The number of imide groups is 1. The van der Waals surface area contributed by atoms with Gasteiger partial charge in [0.15, 0.2) is 8.68 Å². The normalized spacial score (nSPS) is 13.6. The maximum absolute atomic E-state index is 12.3. The molecule has 0 saturated carbocycles. The number of carbonyl (C=O) groups is 2. The van der Waals surface area contributed by atoms with Crippen molar-refractivity contribution in [2.75, 3.05) is 18.1 Å². The molecule has 0 bridgehead atoms. The first kappa shape index (κ1) is 17.4. The van der Waals surface area contributed by atoms with Crippen LogP contribution >= 0.6 is 34.9 Å². The van der Waals surface area contributed by atoms with Gasteiger partial charge in [-0.25, -0.2) is 0 Å². The lowest BCUT2D eigenvalue weighted by Crippen LogP contribution is -2.31. The summed E-state index contributed by atoms with van der Waals surface area (Å²) >= 11 is 4.84. The van der Waals surface area contributed by atoms with E-state index in [9.17, 15) is 9.59 Å². The van der Waals surface area contributed by atoms with Gasteiger partial charge >= 0.3 is 0 Å². The van der Waals surface area contributed by atoms with Crippen LogP contribution in [0.3, 0.4) is 0 Å². The number of rotatable bonds is 8. The molecule has 2 heterocycles. The minimum Gasteiger partial charge on any atom is -0.273 e. The van der Waals surface area contributed by atoms with Crippen molar-refractivity contribution in [3.63, 3.8) is 0 Å². The fraction of sp³-hybridized carbons (Fsp3) is 0.375. The average molecular weight is 380 g/mol. The van der Waals surface area contributed by atoms with Crippen molar-refractivity contribution in [2.45, 2.75) is 28.4 Å². The Kier molecular flexibility index (Phi) is 5.91. The fourth-order valence-corrected chi connectivity index (χ4v) is 5.45. The van der Waals surface area contributed by atoms with Crippen molar-refractivity contribution in [2.24, 2.45) is 0 Å². The quantitative estimate of drug-likeness (QED) is 0.395. The van der Waals surface area contributed by atoms with Crippen LogP contribution in [-0.4, -0.2) is 45.0 Å². The zero-order chi connectivity index (χ0) is 16.9. The number of fused-ring (bicyclic) bond motifs is 1. The minimum absolute atomic E-state index is 0.204. The van der Waals surface area contributed by atoms with Crippen LogP contribution in [0.4, 0.5) is 0 Å². The molecule has 1 aliphatic heterocycles. The standard InChI is InChI=1S/C16H17N3O2S3/c1-2-3-9-22-15-17-18-16(24-15)23-10-8-19-13(20)11-6-4-5-7-12(11)14(19)21/h4-7H,2-3,8-10H2,1H3. The summed E-state index contributed by atoms with van der Waals surface area (Å²) in [6, 6.07) is 6.96. The highest BCUT2D eigenvalue weighted by Gasteiger charge is 2.34. The number of nitrogens with zero attached hydrogens (tertiary/aromatic N) is 3. The molecule has 1 aromatic carbocycles. The lowest BCUT2D eigenvalue weighted by Gasteiger charge is -2.12. The van der Waals surface area contributed by atoms with E-state index >= 15 is 0 Å². The van der Waals surface area contributed by atoms with Crippen molar-refractivity contribution in [3.8, 4) is 0 Å². The minimum atomic E-state index is -0.204. The van der Waals surface area contributed by atoms with Crippen LogP contribution in [0.5, 0.6) is 0 Å². The molecule has 24 heavy (non-hydrogen) atoms. The van der Waals surface area contributed by atoms with Gasteiger partial charge in [0, 0.05) is 18.1 Å². The molecule has 126 valence electrons. The summed E-state index contributed by atoms with van der Waals surface area (Å²) in [5.41, 5.74) is 0.996. The Balaban J connectivity index is 1.51. The molecule has 2 amide bonds. The van der Waals surface area contributed by atoms with Crippen LogP contribution in [0, 0.1) is 0 Å². The Labute approximate surface area is 153 Å². The molecule has 0 fully saturated rings. The van der Waals surface area contributed by atoms with Gasteiger partial charge < -0.3 is 0 Å². The second-order valence-electron chi connectivity index (χ2n) is 5.19. The predicted octanol–water partition coefficient (Wildman–Crippen LogP) is 3.82. The summed E-state index contributed by atoms with van der Waals surface area (Å²) in [6.07, 6.45) is 2.35. The van der Waals surface area contributed by atoms with Crippen LogP contribution in [0.15, 0.2) is 32.9 Å². The van der Waals surface area contributed by atoms with Crippen molar-refractivity contribution >= 4 is 46.7 Å². The Morgan fingerprint density at radius 2 is 1.58 bits per heavy atom. The summed E-state index contributed by atoms with van der Waals surface area (Å²) in [5, 5.41) is 8.32. The number of amides is 2. The molecule has 5 nitrogen and oxygen atoms in total. The molecule has 1 aromatic heterocycles. The number of benzene rings is 1. The molecule has 0 radical (unpaired) electrons. The monoisotopic (exact) mass is 379 g/mol. The Morgan fingerprint density at radius 3 is 2.17 bits per heavy atom. The number of unbranched alkanes of at least 4 members (excludes halogenated alkanes) is 1. The molecule has 0 saturated heterocycles. The van der Waals surface area contributed by atoms with Gasteiger partial charge in [-0.15, -0.1) is 10.2 Å². The highest BCUT2D eigenvalue weighted by molar-refractivity contribution is 8.03. The van der Waals surface area contributed by atoms with Crippen LogP contribution in [0.2, 0.25) is 0 Å². The van der Waals surface area contributed by atoms with Crippen LogP contribution in [0.25, 0.3) is 0 Å². The topological polar surface area (TPSA) is 63.2 Å². The van der Waals surface area contributed by atoms with Gasteiger partial charge in [-0.1, -0.05) is 60.3 Å². The van der Waals surface area contributed by atoms with E-state index in [2.05, 4.69) is 17.1 Å². The molecule has 3 rings (SSSR count). The third-order valence-electron chi connectivity index (χ3n) is 3.53. The van der Waals surface area contributed by atoms with Crippen molar-refractivity contribution < 1.29 is 9.59 Å². The van der Waals surface area contributed by atoms with Crippen molar-refractivity contribution in [1.29, 1.82) is 0 Å². The third-order valence-corrected chi connectivity index (χ3v) is 6.79. The smallest absolute Gasteiger partial charge is 0.261 e.